The number of rotatable bonds is 6. The number of nitrogens with one attached hydrogen (secondary N) is 1. The number of anilines is 2. The minimum absolute atomic E-state index is 0. The van der Waals surface area contributed by atoms with Crippen LogP contribution in [0.5, 0.6) is 6.01 Å². The number of halogens is 6. The summed E-state index contributed by atoms with van der Waals surface area (Å²) in [5.74, 6) is -4.21. The molecule has 0 radical (unpaired) electrons. The number of nitrogens with zero attached hydrogens (tertiary/aromatic N) is 7. The predicted molar refractivity (Wildman–Crippen MR) is 164 cm³/mol. The lowest BCUT2D eigenvalue weighted by Crippen LogP contribution is -2.49. The van der Waals surface area contributed by atoms with Gasteiger partial charge in [-0.3, -0.25) is 14.8 Å². The van der Waals surface area contributed by atoms with Gasteiger partial charge >= 0.3 is 12.2 Å². The van der Waals surface area contributed by atoms with Crippen LogP contribution in [0.2, 0.25) is 0 Å². The van der Waals surface area contributed by atoms with Crippen LogP contribution in [0.25, 0.3) is 10.9 Å². The molecule has 1 amide bonds. The summed E-state index contributed by atoms with van der Waals surface area (Å²) in [6, 6.07) is 0.753. The second-order valence-electron chi connectivity index (χ2n) is 11.8. The molecule has 0 bridgehead atoms. The van der Waals surface area contributed by atoms with Gasteiger partial charge in [0.2, 0.25) is 0 Å². The fourth-order valence-electron chi connectivity index (χ4n) is 6.51. The zero-order valence-electron chi connectivity index (χ0n) is 25.2. The highest BCUT2D eigenvalue weighted by molar-refractivity contribution is 7.59. The molecule has 2 fully saturated rings. The number of aromatic amines is 1. The maximum atomic E-state index is 14.4. The SMILES string of the molecule is C=C(F)C(=O)N1CCN(c2nc(OC[C@@H]3CC(F)(F)CN3C)nc3c2CCN(c2c(C(F)(F)F)c(C)cc4[nH]ncc24)C3)CC1.S. The molecule has 0 spiro atoms. The van der Waals surface area contributed by atoms with E-state index in [1.807, 2.05) is 4.90 Å². The average Bonchev–Trinajstić information content (AvgIpc) is 3.55. The van der Waals surface area contributed by atoms with E-state index in [-0.39, 0.29) is 70.0 Å². The molecule has 46 heavy (non-hydrogen) atoms. The maximum Gasteiger partial charge on any atom is 0.418 e. The molecule has 17 heteroatoms. The van der Waals surface area contributed by atoms with Crippen LogP contribution in [-0.4, -0.2) is 101 Å². The normalized spacial score (nSPS) is 20.1. The quantitative estimate of drug-likeness (QED) is 0.308. The van der Waals surface area contributed by atoms with Crippen molar-refractivity contribution in [2.75, 3.05) is 62.7 Å². The molecule has 3 aliphatic rings. The van der Waals surface area contributed by atoms with Gasteiger partial charge in [-0.25, -0.2) is 13.2 Å². The highest BCUT2D eigenvalue weighted by atomic mass is 32.1. The zero-order chi connectivity index (χ0) is 32.3. The summed E-state index contributed by atoms with van der Waals surface area (Å²) in [6.07, 6.45) is -3.35. The summed E-state index contributed by atoms with van der Waals surface area (Å²) in [5.41, 5.74) is 0.901. The van der Waals surface area contributed by atoms with Crippen molar-refractivity contribution in [2.45, 2.75) is 44.5 Å². The number of fused-ring (bicyclic) bond motifs is 2. The number of carbonyl (C=O) groups is 1. The van der Waals surface area contributed by atoms with Crippen molar-refractivity contribution in [3.05, 3.63) is 47.1 Å². The van der Waals surface area contributed by atoms with Gasteiger partial charge in [0, 0.05) is 56.1 Å². The molecule has 6 rings (SSSR count). The van der Waals surface area contributed by atoms with Crippen molar-refractivity contribution in [1.29, 1.82) is 0 Å². The molecule has 0 unspecified atom stereocenters. The van der Waals surface area contributed by atoms with E-state index < -0.39 is 42.0 Å². The van der Waals surface area contributed by atoms with E-state index in [9.17, 15) is 31.1 Å². The molecule has 5 heterocycles. The summed E-state index contributed by atoms with van der Waals surface area (Å²) >= 11 is 0. The molecule has 3 aliphatic heterocycles. The first-order valence-corrected chi connectivity index (χ1v) is 14.5. The molecule has 2 saturated heterocycles. The minimum Gasteiger partial charge on any atom is -0.462 e. The molecule has 2 aromatic heterocycles. The zero-order valence-corrected chi connectivity index (χ0v) is 26.2. The Morgan fingerprint density at radius 2 is 1.87 bits per heavy atom. The number of aromatic nitrogens is 4. The smallest absolute Gasteiger partial charge is 0.418 e. The van der Waals surface area contributed by atoms with Gasteiger partial charge in [-0.1, -0.05) is 6.58 Å². The van der Waals surface area contributed by atoms with E-state index >= 15 is 0 Å². The van der Waals surface area contributed by atoms with E-state index in [0.29, 0.717) is 47.5 Å². The number of benzene rings is 1. The van der Waals surface area contributed by atoms with Crippen LogP contribution in [0.1, 0.15) is 28.8 Å². The van der Waals surface area contributed by atoms with Crippen LogP contribution >= 0.6 is 13.5 Å². The molecule has 0 aliphatic carbocycles. The molecule has 1 aromatic carbocycles. The van der Waals surface area contributed by atoms with Crippen LogP contribution in [-0.2, 0) is 23.9 Å². The number of amides is 1. The van der Waals surface area contributed by atoms with E-state index in [1.165, 1.54) is 29.0 Å². The van der Waals surface area contributed by atoms with Crippen molar-refractivity contribution >= 4 is 41.8 Å². The third-order valence-corrected chi connectivity index (χ3v) is 8.68. The van der Waals surface area contributed by atoms with Gasteiger partial charge in [-0.15, -0.1) is 0 Å². The fourth-order valence-corrected chi connectivity index (χ4v) is 6.51. The summed E-state index contributed by atoms with van der Waals surface area (Å²) in [6.45, 7) is 5.18. The number of hydrogen-bond acceptors (Lipinski definition) is 8. The van der Waals surface area contributed by atoms with Crippen LogP contribution in [0.4, 0.5) is 37.8 Å². The molecular weight excluding hydrogens is 638 g/mol. The number of likely N-dealkylation sites (tertiary alicyclic amines) is 1. The lowest BCUT2D eigenvalue weighted by atomic mass is 9.98. The molecule has 0 saturated carbocycles. The largest absolute Gasteiger partial charge is 0.462 e. The summed E-state index contributed by atoms with van der Waals surface area (Å²) in [7, 11) is 1.58. The summed E-state index contributed by atoms with van der Waals surface area (Å²) in [4.78, 5) is 27.7. The standard InChI is InChI=1S/C29H32F6N8O2.H2S/c1-16-10-21-20(12-36-39-21)24(23(16)29(33,34)35)43-5-4-19-22(13-43)37-27(45-14-18-11-28(31,32)15-40(18)3)38-25(19)41-6-8-42(9-7-41)26(44)17(2)30;/h10,12,18H,2,4-9,11,13-15H2,1,3H3,(H,36,39);1H2/t18-;/m0./s1. The van der Waals surface area contributed by atoms with Gasteiger partial charge in [-0.2, -0.15) is 41.7 Å². The summed E-state index contributed by atoms with van der Waals surface area (Å²) < 4.78 is 90.6. The van der Waals surface area contributed by atoms with Crippen LogP contribution in [0, 0.1) is 6.92 Å². The average molecular weight is 673 g/mol. The number of piperazine rings is 1. The molecular formula is C29H34F6N8O2S. The second kappa shape index (κ2) is 12.5. The Hall–Kier alpha value is -3.73. The van der Waals surface area contributed by atoms with E-state index in [2.05, 4.69) is 26.7 Å². The van der Waals surface area contributed by atoms with Crippen molar-refractivity contribution in [1.82, 2.24) is 30.0 Å². The van der Waals surface area contributed by atoms with Gasteiger partial charge in [0.05, 0.1) is 41.7 Å². The number of carbonyl (C=O) groups excluding carboxylic acids is 1. The van der Waals surface area contributed by atoms with Crippen LogP contribution in [0.3, 0.4) is 0 Å². The first kappa shape index (κ1) is 33.6. The van der Waals surface area contributed by atoms with Crippen molar-refractivity contribution in [3.63, 3.8) is 0 Å². The van der Waals surface area contributed by atoms with Gasteiger partial charge in [0.15, 0.2) is 5.83 Å². The maximum absolute atomic E-state index is 14.4. The van der Waals surface area contributed by atoms with Crippen LogP contribution in [0.15, 0.2) is 24.7 Å². The Labute approximate surface area is 267 Å². The number of ether oxygens (including phenoxy) is 1. The molecule has 250 valence electrons. The Morgan fingerprint density at radius 1 is 1.15 bits per heavy atom. The topological polar surface area (TPSA) is 93.7 Å². The minimum atomic E-state index is -4.63. The van der Waals surface area contributed by atoms with Gasteiger partial charge in [0.25, 0.3) is 11.8 Å². The van der Waals surface area contributed by atoms with Crippen LogP contribution < -0.4 is 14.5 Å². The highest BCUT2D eigenvalue weighted by Crippen LogP contribution is 2.44. The summed E-state index contributed by atoms with van der Waals surface area (Å²) in [5, 5.41) is 7.06. The Morgan fingerprint density at radius 3 is 2.50 bits per heavy atom. The first-order valence-electron chi connectivity index (χ1n) is 14.5. The van der Waals surface area contributed by atoms with E-state index in [0.717, 1.165) is 0 Å². The Bertz CT molecular complexity index is 1640. The predicted octanol–water partition coefficient (Wildman–Crippen LogP) is 4.21. The first-order chi connectivity index (χ1) is 21.2. The second-order valence-corrected chi connectivity index (χ2v) is 11.8. The third kappa shape index (κ3) is 6.43. The molecule has 3 aromatic rings. The van der Waals surface area contributed by atoms with Crippen molar-refractivity contribution in [3.8, 4) is 6.01 Å². The lowest BCUT2D eigenvalue weighted by molar-refractivity contribution is -0.137. The lowest BCUT2D eigenvalue weighted by Gasteiger charge is -2.38. The van der Waals surface area contributed by atoms with Gasteiger partial charge in [-0.05, 0) is 32.0 Å². The Kier molecular flexibility index (Phi) is 9.11. The highest BCUT2D eigenvalue weighted by Gasteiger charge is 2.44. The number of H-pyrrole nitrogens is 1. The van der Waals surface area contributed by atoms with Crippen molar-refractivity contribution < 1.29 is 35.9 Å². The monoisotopic (exact) mass is 672 g/mol. The number of likely N-dealkylation sites (N-methyl/N-ethyl adjacent to an activating group) is 1. The molecule has 10 nitrogen and oxygen atoms in total. The third-order valence-electron chi connectivity index (χ3n) is 8.68. The van der Waals surface area contributed by atoms with Gasteiger partial charge in [0.1, 0.15) is 12.4 Å². The van der Waals surface area contributed by atoms with E-state index in [1.54, 1.807) is 11.9 Å². The number of hydrogen-bond donors (Lipinski definition) is 1. The molecule has 1 N–H and O–H groups in total. The van der Waals surface area contributed by atoms with Gasteiger partial charge < -0.3 is 19.4 Å². The fraction of sp³-hybridized carbons (Fsp3) is 0.517. The molecule has 1 atom stereocenters. The van der Waals surface area contributed by atoms with E-state index in [4.69, 9.17) is 4.74 Å². The number of alkyl halides is 5. The number of aryl methyl sites for hydroxylation is 1. The van der Waals surface area contributed by atoms with Crippen molar-refractivity contribution in [2.24, 2.45) is 0 Å². The Balaban J connectivity index is 0.00000417.